The summed E-state index contributed by atoms with van der Waals surface area (Å²) in [5.41, 5.74) is 7.43. The van der Waals surface area contributed by atoms with Gasteiger partial charge in [0.25, 0.3) is 0 Å². The summed E-state index contributed by atoms with van der Waals surface area (Å²) in [6.07, 6.45) is 0. The van der Waals surface area contributed by atoms with Crippen LogP contribution in [-0.4, -0.2) is 31.1 Å². The maximum atomic E-state index is 11.7. The average molecular weight is 333 g/mol. The second kappa shape index (κ2) is 9.88. The monoisotopic (exact) mass is 333 g/mol. The van der Waals surface area contributed by atoms with E-state index >= 15 is 0 Å². The van der Waals surface area contributed by atoms with E-state index < -0.39 is 5.97 Å². The fraction of sp³-hybridized carbons (Fsp3) is 0.312. The van der Waals surface area contributed by atoms with Crippen molar-refractivity contribution in [2.75, 3.05) is 13.2 Å². The van der Waals surface area contributed by atoms with Crippen molar-refractivity contribution >= 4 is 18.0 Å². The van der Waals surface area contributed by atoms with E-state index in [0.717, 1.165) is 11.1 Å². The number of amides is 2. The van der Waals surface area contributed by atoms with Crippen LogP contribution < -0.4 is 21.7 Å². The lowest BCUT2D eigenvalue weighted by molar-refractivity contribution is -0.138. The Morgan fingerprint density at radius 2 is 1.83 bits per heavy atom. The summed E-state index contributed by atoms with van der Waals surface area (Å²) in [4.78, 5) is 22.8. The Bertz CT molecular complexity index is 615. The molecule has 0 aliphatic carbocycles. The van der Waals surface area contributed by atoms with Crippen LogP contribution in [0.25, 0.3) is 0 Å². The molecule has 0 saturated heterocycles. The number of nitrogens with two attached hydrogens (primary N) is 1. The highest BCUT2D eigenvalue weighted by Crippen LogP contribution is 2.04. The quantitative estimate of drug-likeness (QED) is 0.156. The van der Waals surface area contributed by atoms with Gasteiger partial charge in [0.05, 0.1) is 6.54 Å². The van der Waals surface area contributed by atoms with Crippen molar-refractivity contribution in [3.05, 3.63) is 47.5 Å². The minimum absolute atomic E-state index is 0.0886. The number of hydrogen-bond donors (Lipinski definition) is 5. The van der Waals surface area contributed by atoms with Crippen LogP contribution >= 0.6 is 0 Å². The number of ether oxygens (including phenoxy) is 1. The van der Waals surface area contributed by atoms with Crippen LogP contribution in [0.1, 0.15) is 18.1 Å². The number of esters is 1. The lowest BCUT2D eigenvalue weighted by Crippen LogP contribution is -2.37. The van der Waals surface area contributed by atoms with E-state index in [-0.39, 0.29) is 25.1 Å². The third-order valence-electron chi connectivity index (χ3n) is 2.90. The zero-order valence-corrected chi connectivity index (χ0v) is 13.6. The van der Waals surface area contributed by atoms with Crippen LogP contribution in [0.2, 0.25) is 0 Å². The van der Waals surface area contributed by atoms with E-state index in [1.165, 1.54) is 0 Å². The molecule has 2 amide bonds. The maximum absolute atomic E-state index is 11.7. The number of urea groups is 1. The van der Waals surface area contributed by atoms with Crippen molar-refractivity contribution in [1.82, 2.24) is 16.0 Å². The van der Waals surface area contributed by atoms with Gasteiger partial charge in [0.2, 0.25) is 0 Å². The Kier molecular flexibility index (Phi) is 7.83. The summed E-state index contributed by atoms with van der Waals surface area (Å²) in [5, 5.41) is 15.1. The van der Waals surface area contributed by atoms with Gasteiger partial charge in [-0.3, -0.25) is 5.41 Å². The van der Waals surface area contributed by atoms with Crippen molar-refractivity contribution < 1.29 is 14.3 Å². The van der Waals surface area contributed by atoms with Crippen molar-refractivity contribution in [1.29, 1.82) is 5.41 Å². The smallest absolute Gasteiger partial charge is 0.333 e. The SMILES string of the molecule is C=C(C)C(=O)OCCNC(=O)NCc1cccc(CNC(=N)N)c1. The topological polar surface area (TPSA) is 129 Å². The van der Waals surface area contributed by atoms with Crippen LogP contribution in [0.15, 0.2) is 36.4 Å². The lowest BCUT2D eigenvalue weighted by Gasteiger charge is -2.10. The molecular formula is C16H23N5O3. The number of rotatable bonds is 8. The standard InChI is InChI=1S/C16H23N5O3/c1-11(2)14(22)24-7-6-19-16(23)21-10-13-5-3-4-12(8-13)9-20-15(17)18/h3-5,8H,1,6-7,9-10H2,2H3,(H4,17,18,20)(H2,19,21,23). The van der Waals surface area contributed by atoms with E-state index in [0.29, 0.717) is 18.7 Å². The molecule has 1 rings (SSSR count). The predicted octanol–water partition coefficient (Wildman–Crippen LogP) is 0.588. The third kappa shape index (κ3) is 7.83. The highest BCUT2D eigenvalue weighted by Gasteiger charge is 2.04. The molecule has 0 aliphatic rings. The summed E-state index contributed by atoms with van der Waals surface area (Å²) in [6.45, 7) is 6.13. The highest BCUT2D eigenvalue weighted by molar-refractivity contribution is 5.86. The molecule has 0 spiro atoms. The van der Waals surface area contributed by atoms with Gasteiger partial charge >= 0.3 is 12.0 Å². The molecule has 0 radical (unpaired) electrons. The van der Waals surface area contributed by atoms with Gasteiger partial charge in [-0.15, -0.1) is 0 Å². The molecule has 0 saturated carbocycles. The third-order valence-corrected chi connectivity index (χ3v) is 2.90. The second-order valence-electron chi connectivity index (χ2n) is 5.11. The molecule has 1 aromatic carbocycles. The van der Waals surface area contributed by atoms with Crippen LogP contribution in [0.3, 0.4) is 0 Å². The Morgan fingerprint density at radius 3 is 2.42 bits per heavy atom. The zero-order chi connectivity index (χ0) is 17.9. The second-order valence-corrected chi connectivity index (χ2v) is 5.11. The first kappa shape index (κ1) is 19.0. The van der Waals surface area contributed by atoms with Gasteiger partial charge in [0, 0.05) is 18.7 Å². The summed E-state index contributed by atoms with van der Waals surface area (Å²) in [5.74, 6) is -0.571. The van der Waals surface area contributed by atoms with Gasteiger partial charge in [0.15, 0.2) is 5.96 Å². The average Bonchev–Trinajstić information content (AvgIpc) is 2.55. The number of nitrogens with one attached hydrogen (secondary N) is 4. The molecule has 6 N–H and O–H groups in total. The van der Waals surface area contributed by atoms with Crippen molar-refractivity contribution in [2.45, 2.75) is 20.0 Å². The fourth-order valence-corrected chi connectivity index (χ4v) is 1.72. The first-order valence-corrected chi connectivity index (χ1v) is 7.38. The van der Waals surface area contributed by atoms with Gasteiger partial charge in [-0.05, 0) is 18.1 Å². The number of hydrogen-bond acceptors (Lipinski definition) is 4. The number of benzene rings is 1. The van der Waals surface area contributed by atoms with E-state index in [1.807, 2.05) is 24.3 Å². The molecule has 0 aliphatic heterocycles. The summed E-state index contributed by atoms with van der Waals surface area (Å²) >= 11 is 0. The Morgan fingerprint density at radius 1 is 1.21 bits per heavy atom. The number of carbonyl (C=O) groups is 2. The van der Waals surface area contributed by atoms with E-state index in [9.17, 15) is 9.59 Å². The fourth-order valence-electron chi connectivity index (χ4n) is 1.72. The molecule has 0 bridgehead atoms. The molecule has 24 heavy (non-hydrogen) atoms. The van der Waals surface area contributed by atoms with Gasteiger partial charge in [-0.2, -0.15) is 0 Å². The van der Waals surface area contributed by atoms with Gasteiger partial charge in [0.1, 0.15) is 6.61 Å². The number of carbonyl (C=O) groups excluding carboxylic acids is 2. The minimum atomic E-state index is -0.479. The van der Waals surface area contributed by atoms with Gasteiger partial charge in [-0.1, -0.05) is 30.8 Å². The molecule has 130 valence electrons. The van der Waals surface area contributed by atoms with Crippen molar-refractivity contribution in [3.63, 3.8) is 0 Å². The predicted molar refractivity (Wildman–Crippen MR) is 91.2 cm³/mol. The molecule has 0 atom stereocenters. The Labute approximate surface area is 141 Å². The zero-order valence-electron chi connectivity index (χ0n) is 13.6. The van der Waals surface area contributed by atoms with E-state index in [1.54, 1.807) is 6.92 Å². The molecule has 0 heterocycles. The van der Waals surface area contributed by atoms with Crippen LogP contribution in [0.4, 0.5) is 4.79 Å². The molecule has 0 unspecified atom stereocenters. The largest absolute Gasteiger partial charge is 0.460 e. The maximum Gasteiger partial charge on any atom is 0.333 e. The normalized spacial score (nSPS) is 9.71. The summed E-state index contributed by atoms with van der Waals surface area (Å²) < 4.78 is 4.86. The minimum Gasteiger partial charge on any atom is -0.460 e. The number of guanidine groups is 1. The summed E-state index contributed by atoms with van der Waals surface area (Å²) in [7, 11) is 0. The van der Waals surface area contributed by atoms with Crippen LogP contribution in [-0.2, 0) is 22.6 Å². The molecule has 8 heteroatoms. The molecular weight excluding hydrogens is 310 g/mol. The Hall–Kier alpha value is -3.03. The highest BCUT2D eigenvalue weighted by atomic mass is 16.5. The first-order chi connectivity index (χ1) is 11.4. The summed E-state index contributed by atoms with van der Waals surface area (Å²) in [6, 6.07) is 7.20. The van der Waals surface area contributed by atoms with Crippen molar-refractivity contribution in [3.8, 4) is 0 Å². The van der Waals surface area contributed by atoms with Gasteiger partial charge in [-0.25, -0.2) is 9.59 Å². The van der Waals surface area contributed by atoms with E-state index in [2.05, 4.69) is 22.5 Å². The molecule has 8 nitrogen and oxygen atoms in total. The lowest BCUT2D eigenvalue weighted by atomic mass is 10.1. The van der Waals surface area contributed by atoms with Crippen LogP contribution in [0, 0.1) is 5.41 Å². The Balaban J connectivity index is 2.29. The van der Waals surface area contributed by atoms with Crippen molar-refractivity contribution in [2.24, 2.45) is 5.73 Å². The molecule has 0 fully saturated rings. The molecule has 1 aromatic rings. The first-order valence-electron chi connectivity index (χ1n) is 7.38. The van der Waals surface area contributed by atoms with Crippen LogP contribution in [0.5, 0.6) is 0 Å². The molecule has 0 aromatic heterocycles. The van der Waals surface area contributed by atoms with E-state index in [4.69, 9.17) is 15.9 Å². The van der Waals surface area contributed by atoms with Gasteiger partial charge < -0.3 is 26.4 Å².